The molecule has 4 nitrogen and oxygen atoms in total. The molecule has 0 fully saturated rings. The normalized spacial score (nSPS) is 10.9. The summed E-state index contributed by atoms with van der Waals surface area (Å²) >= 11 is 0. The summed E-state index contributed by atoms with van der Waals surface area (Å²) in [6.07, 6.45) is 1.62. The molecule has 1 amide bonds. The number of benzene rings is 3. The van der Waals surface area contributed by atoms with Crippen LogP contribution in [-0.2, 0) is 0 Å². The molecule has 0 spiro atoms. The summed E-state index contributed by atoms with van der Waals surface area (Å²) in [7, 11) is 1.62. The van der Waals surface area contributed by atoms with Crippen LogP contribution in [0.25, 0.3) is 10.8 Å². The molecule has 0 heterocycles. The molecular weight excluding hydrogens is 300 g/mol. The summed E-state index contributed by atoms with van der Waals surface area (Å²) in [4.78, 5) is 12.2. The SMILES string of the molecule is COc1ccc2ccccc2c1/C=N/NC(=O)c1ccccc1C. The van der Waals surface area contributed by atoms with Gasteiger partial charge in [0, 0.05) is 11.1 Å². The van der Waals surface area contributed by atoms with Gasteiger partial charge in [-0.2, -0.15) is 5.10 Å². The molecule has 3 rings (SSSR count). The lowest BCUT2D eigenvalue weighted by Crippen LogP contribution is -2.18. The fourth-order valence-electron chi connectivity index (χ4n) is 2.63. The Bertz CT molecular complexity index is 916. The Labute approximate surface area is 140 Å². The van der Waals surface area contributed by atoms with Crippen molar-refractivity contribution in [3.63, 3.8) is 0 Å². The first kappa shape index (κ1) is 15.7. The van der Waals surface area contributed by atoms with Crippen molar-refractivity contribution in [2.75, 3.05) is 7.11 Å². The van der Waals surface area contributed by atoms with Crippen LogP contribution in [-0.4, -0.2) is 19.2 Å². The van der Waals surface area contributed by atoms with Crippen LogP contribution < -0.4 is 10.2 Å². The molecule has 0 aliphatic rings. The van der Waals surface area contributed by atoms with E-state index in [0.29, 0.717) is 11.3 Å². The molecule has 3 aromatic rings. The Morgan fingerprint density at radius 2 is 1.79 bits per heavy atom. The van der Waals surface area contributed by atoms with Crippen molar-refractivity contribution in [2.45, 2.75) is 6.92 Å². The zero-order valence-corrected chi connectivity index (χ0v) is 13.6. The van der Waals surface area contributed by atoms with Gasteiger partial charge in [0.15, 0.2) is 0 Å². The molecule has 24 heavy (non-hydrogen) atoms. The largest absolute Gasteiger partial charge is 0.496 e. The summed E-state index contributed by atoms with van der Waals surface area (Å²) in [6, 6.07) is 19.3. The van der Waals surface area contributed by atoms with Crippen molar-refractivity contribution >= 4 is 22.9 Å². The lowest BCUT2D eigenvalue weighted by molar-refractivity contribution is 0.0954. The van der Waals surface area contributed by atoms with Crippen molar-refractivity contribution in [3.05, 3.63) is 77.4 Å². The molecule has 4 heteroatoms. The van der Waals surface area contributed by atoms with Crippen molar-refractivity contribution in [3.8, 4) is 5.75 Å². The number of methoxy groups -OCH3 is 1. The van der Waals surface area contributed by atoms with Crippen LogP contribution in [0.3, 0.4) is 0 Å². The maximum atomic E-state index is 12.2. The maximum Gasteiger partial charge on any atom is 0.271 e. The lowest BCUT2D eigenvalue weighted by atomic mass is 10.0. The van der Waals surface area contributed by atoms with E-state index < -0.39 is 0 Å². The Morgan fingerprint density at radius 1 is 1.04 bits per heavy atom. The Balaban J connectivity index is 1.88. The van der Waals surface area contributed by atoms with Crippen LogP contribution in [0.5, 0.6) is 5.75 Å². The molecule has 0 bridgehead atoms. The third-order valence-electron chi connectivity index (χ3n) is 3.90. The molecule has 0 saturated carbocycles. The van der Waals surface area contributed by atoms with Crippen LogP contribution in [0.4, 0.5) is 0 Å². The number of fused-ring (bicyclic) bond motifs is 1. The number of amides is 1. The number of hydrogen-bond donors (Lipinski definition) is 1. The second-order valence-electron chi connectivity index (χ2n) is 5.42. The first-order chi connectivity index (χ1) is 11.7. The number of hydrazone groups is 1. The Morgan fingerprint density at radius 3 is 2.58 bits per heavy atom. The van der Waals surface area contributed by atoms with Crippen molar-refractivity contribution in [1.29, 1.82) is 0 Å². The highest BCUT2D eigenvalue weighted by atomic mass is 16.5. The summed E-state index contributed by atoms with van der Waals surface area (Å²) in [6.45, 7) is 1.90. The Hall–Kier alpha value is -3.14. The summed E-state index contributed by atoms with van der Waals surface area (Å²) in [5.74, 6) is 0.478. The predicted molar refractivity (Wildman–Crippen MR) is 96.7 cm³/mol. The first-order valence-electron chi connectivity index (χ1n) is 7.65. The van der Waals surface area contributed by atoms with Gasteiger partial charge < -0.3 is 4.74 Å². The number of ether oxygens (including phenoxy) is 1. The number of aryl methyl sites for hydroxylation is 1. The second-order valence-corrected chi connectivity index (χ2v) is 5.42. The van der Waals surface area contributed by atoms with E-state index in [9.17, 15) is 4.79 Å². The zero-order valence-electron chi connectivity index (χ0n) is 13.6. The minimum atomic E-state index is -0.233. The van der Waals surface area contributed by atoms with Gasteiger partial charge in [-0.15, -0.1) is 0 Å². The molecule has 0 atom stereocenters. The van der Waals surface area contributed by atoms with E-state index in [4.69, 9.17) is 4.74 Å². The van der Waals surface area contributed by atoms with Crippen LogP contribution in [0.2, 0.25) is 0 Å². The van der Waals surface area contributed by atoms with Gasteiger partial charge in [-0.1, -0.05) is 48.5 Å². The van der Waals surface area contributed by atoms with E-state index in [1.807, 2.05) is 61.5 Å². The fourth-order valence-corrected chi connectivity index (χ4v) is 2.63. The highest BCUT2D eigenvalue weighted by Gasteiger charge is 2.08. The van der Waals surface area contributed by atoms with Gasteiger partial charge in [-0.05, 0) is 35.4 Å². The van der Waals surface area contributed by atoms with Gasteiger partial charge in [0.05, 0.1) is 13.3 Å². The molecule has 0 unspecified atom stereocenters. The monoisotopic (exact) mass is 318 g/mol. The van der Waals surface area contributed by atoms with Crippen LogP contribution in [0, 0.1) is 6.92 Å². The van der Waals surface area contributed by atoms with E-state index in [0.717, 1.165) is 21.9 Å². The van der Waals surface area contributed by atoms with Gasteiger partial charge in [-0.3, -0.25) is 4.79 Å². The molecule has 0 saturated heterocycles. The second kappa shape index (κ2) is 6.96. The van der Waals surface area contributed by atoms with Gasteiger partial charge in [0.1, 0.15) is 5.75 Å². The molecule has 0 radical (unpaired) electrons. The third-order valence-corrected chi connectivity index (χ3v) is 3.90. The number of nitrogens with one attached hydrogen (secondary N) is 1. The van der Waals surface area contributed by atoms with E-state index in [-0.39, 0.29) is 5.91 Å². The fraction of sp³-hybridized carbons (Fsp3) is 0.100. The highest BCUT2D eigenvalue weighted by Crippen LogP contribution is 2.26. The minimum absolute atomic E-state index is 0.233. The highest BCUT2D eigenvalue weighted by molar-refractivity contribution is 6.03. The topological polar surface area (TPSA) is 50.7 Å². The summed E-state index contributed by atoms with van der Waals surface area (Å²) < 4.78 is 5.41. The van der Waals surface area contributed by atoms with Gasteiger partial charge in [0.2, 0.25) is 0 Å². The number of carbonyl (C=O) groups is 1. The van der Waals surface area contributed by atoms with E-state index in [2.05, 4.69) is 10.5 Å². The maximum absolute atomic E-state index is 12.2. The zero-order chi connectivity index (χ0) is 16.9. The standard InChI is InChI=1S/C20H18N2O2/c1-14-7-3-5-9-16(14)20(23)22-21-13-18-17-10-6-4-8-15(17)11-12-19(18)24-2/h3-13H,1-2H3,(H,22,23)/b21-13+. The molecule has 3 aromatic carbocycles. The average Bonchev–Trinajstić information content (AvgIpc) is 2.62. The first-order valence-corrected chi connectivity index (χ1v) is 7.65. The molecule has 0 aliphatic carbocycles. The van der Waals surface area contributed by atoms with Gasteiger partial charge in [-0.25, -0.2) is 5.43 Å². The van der Waals surface area contributed by atoms with Crippen molar-refractivity contribution < 1.29 is 9.53 Å². The third kappa shape index (κ3) is 3.13. The minimum Gasteiger partial charge on any atom is -0.496 e. The smallest absolute Gasteiger partial charge is 0.271 e. The molecule has 0 aliphatic heterocycles. The number of nitrogens with zero attached hydrogens (tertiary/aromatic N) is 1. The van der Waals surface area contributed by atoms with Crippen molar-refractivity contribution in [1.82, 2.24) is 5.43 Å². The molecule has 1 N–H and O–H groups in total. The van der Waals surface area contributed by atoms with Gasteiger partial charge in [0.25, 0.3) is 5.91 Å². The molecular formula is C20H18N2O2. The molecule has 0 aromatic heterocycles. The van der Waals surface area contributed by atoms with E-state index in [1.165, 1.54) is 0 Å². The van der Waals surface area contributed by atoms with Crippen LogP contribution >= 0.6 is 0 Å². The number of carbonyl (C=O) groups excluding carboxylic acids is 1. The van der Waals surface area contributed by atoms with E-state index >= 15 is 0 Å². The summed E-state index contributed by atoms with van der Waals surface area (Å²) in [5, 5.41) is 6.22. The molecule has 120 valence electrons. The van der Waals surface area contributed by atoms with Crippen LogP contribution in [0.1, 0.15) is 21.5 Å². The van der Waals surface area contributed by atoms with Crippen molar-refractivity contribution in [2.24, 2.45) is 5.10 Å². The van der Waals surface area contributed by atoms with E-state index in [1.54, 1.807) is 19.4 Å². The Kier molecular flexibility index (Phi) is 4.57. The predicted octanol–water partition coefficient (Wildman–Crippen LogP) is 3.92. The lowest BCUT2D eigenvalue weighted by Gasteiger charge is -2.08. The average molecular weight is 318 g/mol. The van der Waals surface area contributed by atoms with Crippen LogP contribution in [0.15, 0.2) is 65.8 Å². The number of hydrogen-bond acceptors (Lipinski definition) is 3. The van der Waals surface area contributed by atoms with Gasteiger partial charge >= 0.3 is 0 Å². The quantitative estimate of drug-likeness (QED) is 0.585. The number of rotatable bonds is 4. The summed E-state index contributed by atoms with van der Waals surface area (Å²) in [5.41, 5.74) is 4.93.